The molecular weight excluding hydrogens is 1180 g/mol. The summed E-state index contributed by atoms with van der Waals surface area (Å²) in [5.74, 6) is 0. The van der Waals surface area contributed by atoms with E-state index in [2.05, 4.69) is 0 Å². The Morgan fingerprint density at radius 3 is 0.311 bits per heavy atom. The number of amides is 24. The van der Waals surface area contributed by atoms with Crippen molar-refractivity contribution in [2.45, 2.75) is 157 Å². The van der Waals surface area contributed by atoms with Crippen molar-refractivity contribution in [3.05, 3.63) is 0 Å². The Labute approximate surface area is 521 Å². The molecule has 0 aliphatic carbocycles. The quantitative estimate of drug-likeness (QED) is 0.262. The summed E-state index contributed by atoms with van der Waals surface area (Å²) in [6.45, 7) is 19.7. The maximum Gasteiger partial charge on any atom is 0.326 e. The molecular formula is C54H84N24O12. The zero-order valence-electron chi connectivity index (χ0n) is 53.3. The minimum absolute atomic E-state index is 0.118. The molecule has 24 amide bonds. The Hall–Kier alpha value is -8.76. The molecule has 13 aliphatic heterocycles. The molecule has 0 aromatic heterocycles. The van der Waals surface area contributed by atoms with Gasteiger partial charge in [-0.2, -0.15) is 0 Å². The molecule has 36 heteroatoms. The smallest absolute Gasteiger partial charge is 0.300 e. The molecule has 12 bridgehead atoms. The minimum atomic E-state index is -1.07. The van der Waals surface area contributed by atoms with E-state index in [1.54, 1.807) is 83.1 Å². The van der Waals surface area contributed by atoms with Crippen LogP contribution in [0.4, 0.5) is 57.5 Å². The second kappa shape index (κ2) is 21.5. The third-order valence-electron chi connectivity index (χ3n) is 21.1. The first kappa shape index (κ1) is 60.2. The van der Waals surface area contributed by atoms with Gasteiger partial charge in [-0.05, 0) is 83.1 Å². The molecule has 13 fully saturated rings. The van der Waals surface area contributed by atoms with Crippen molar-refractivity contribution in [3.8, 4) is 0 Å². The van der Waals surface area contributed by atoms with Crippen LogP contribution in [0.1, 0.15) is 83.1 Å². The van der Waals surface area contributed by atoms with Gasteiger partial charge in [0.2, 0.25) is 0 Å². The molecule has 0 spiro atoms. The van der Waals surface area contributed by atoms with E-state index in [0.717, 1.165) is 0 Å². The Kier molecular flexibility index (Phi) is 14.3. The van der Waals surface area contributed by atoms with E-state index in [1.165, 1.54) is 118 Å². The number of urea groups is 12. The monoisotopic (exact) mass is 1260 g/mol. The van der Waals surface area contributed by atoms with Crippen molar-refractivity contribution >= 4 is 72.4 Å². The number of rotatable bonds is 12. The lowest BCUT2D eigenvalue weighted by atomic mass is 10.3. The van der Waals surface area contributed by atoms with E-state index in [-0.39, 0.29) is 78.5 Å². The first-order valence-electron chi connectivity index (χ1n) is 32.1. The SMILES string of the molecule is CCN1C(=O)N(CC)C2C1N1CN3C(=O)N(CN4C(=O)N(CN5C(=O)N(CN6C(=O)N(CN7C(=O)N(CN2C1=O)C1C7N(CC)C(=O)N1CC)C1C6N(CC)C(=O)N1CC)C1C5N(CC)C(=O)N1CC)C1C4N(CC)C(=O)N1CC)C1C3N(CC)C(=O)N1CC. The lowest BCUT2D eigenvalue weighted by Crippen LogP contribution is -2.57. The highest BCUT2D eigenvalue weighted by Crippen LogP contribution is 2.46. The van der Waals surface area contributed by atoms with Gasteiger partial charge in [-0.1, -0.05) is 0 Å². The molecule has 0 saturated carbocycles. The van der Waals surface area contributed by atoms with Gasteiger partial charge in [0.1, 0.15) is 40.0 Å². The van der Waals surface area contributed by atoms with Crippen molar-refractivity contribution in [2.24, 2.45) is 0 Å². The van der Waals surface area contributed by atoms with Gasteiger partial charge in [-0.15, -0.1) is 0 Å². The summed E-state index contributed by atoms with van der Waals surface area (Å²) >= 11 is 0. The van der Waals surface area contributed by atoms with Gasteiger partial charge >= 0.3 is 72.4 Å². The molecule has 492 valence electrons. The van der Waals surface area contributed by atoms with Crippen LogP contribution >= 0.6 is 0 Å². The van der Waals surface area contributed by atoms with Crippen molar-refractivity contribution in [2.75, 3.05) is 119 Å². The van der Waals surface area contributed by atoms with Gasteiger partial charge in [0, 0.05) is 78.5 Å². The number of carbonyl (C=O) groups excluding carboxylic acids is 12. The molecule has 13 heterocycles. The fraction of sp³-hybridized carbons (Fsp3) is 0.778. The molecule has 13 aliphatic rings. The molecule has 12 atom stereocenters. The predicted molar refractivity (Wildman–Crippen MR) is 310 cm³/mol. The summed E-state index contributed by atoms with van der Waals surface area (Å²) in [5, 5.41) is 0. The number of nitrogens with zero attached hydrogens (tertiary/aromatic N) is 24. The largest absolute Gasteiger partial charge is 0.326 e. The molecule has 0 radical (unpaired) electrons. The molecule has 0 aromatic rings. The van der Waals surface area contributed by atoms with Crippen molar-refractivity contribution in [3.63, 3.8) is 0 Å². The van der Waals surface area contributed by atoms with Crippen molar-refractivity contribution < 1.29 is 57.5 Å². The van der Waals surface area contributed by atoms with E-state index in [1.807, 2.05) is 0 Å². The molecule has 13 saturated heterocycles. The van der Waals surface area contributed by atoms with Crippen LogP contribution in [-0.2, 0) is 0 Å². The number of carbonyl (C=O) groups is 12. The summed E-state index contributed by atoms with van der Waals surface area (Å²) in [7, 11) is 0. The third-order valence-corrected chi connectivity index (χ3v) is 21.1. The summed E-state index contributed by atoms with van der Waals surface area (Å²) < 4.78 is 0. The Balaban J connectivity index is 0.995. The molecule has 13 rings (SSSR count). The maximum absolute atomic E-state index is 15.9. The molecule has 0 N–H and O–H groups in total. The first-order valence-corrected chi connectivity index (χ1v) is 32.1. The fourth-order valence-electron chi connectivity index (χ4n) is 17.2. The zero-order chi connectivity index (χ0) is 64.4. The van der Waals surface area contributed by atoms with Crippen molar-refractivity contribution in [1.82, 2.24) is 118 Å². The van der Waals surface area contributed by atoms with E-state index >= 15 is 28.8 Å². The van der Waals surface area contributed by atoms with Gasteiger partial charge in [0.15, 0.2) is 74.0 Å². The van der Waals surface area contributed by atoms with E-state index < -0.39 is 186 Å². The molecule has 36 nitrogen and oxygen atoms in total. The van der Waals surface area contributed by atoms with Crippen LogP contribution in [0.15, 0.2) is 0 Å². The maximum atomic E-state index is 15.9. The molecule has 12 unspecified atom stereocenters. The van der Waals surface area contributed by atoms with E-state index in [0.29, 0.717) is 0 Å². The average molecular weight is 1260 g/mol. The normalized spacial score (nSPS) is 32.7. The standard InChI is InChI=1S/C54H84N24O12/c1-13-55-31-32(56(14-2)43(55)79)68-26-70-35-36(60(18-6)45(81)59(35)17-5)72(51(70)87)28-74-39-40(64(22-10)47(83)63(39)21-9)76(53(74)89)30-78-42-41(65(23-11)48(84)66(42)24-12)77(54(78)90)29-75-38-37(61(19-7)46(82)62(38)20-8)73(52(75)88)27-71-34-33(57(15-3)44(80)58(34)16-4)69(50(71)86)25-67(31)49(68)85/h31-42H,13-30H2,1-12H3. The van der Waals surface area contributed by atoms with Crippen LogP contribution in [0.5, 0.6) is 0 Å². The zero-order valence-corrected chi connectivity index (χ0v) is 53.3. The van der Waals surface area contributed by atoms with Crippen LogP contribution in [0.3, 0.4) is 0 Å². The second-order valence-electron chi connectivity index (χ2n) is 24.3. The highest BCUT2D eigenvalue weighted by Gasteiger charge is 2.70. The number of hydrogen-bond donors (Lipinski definition) is 0. The van der Waals surface area contributed by atoms with Gasteiger partial charge in [0.05, 0.1) is 0 Å². The minimum Gasteiger partial charge on any atom is -0.300 e. The van der Waals surface area contributed by atoms with Crippen molar-refractivity contribution in [1.29, 1.82) is 0 Å². The van der Waals surface area contributed by atoms with Crippen LogP contribution in [0.2, 0.25) is 0 Å². The lowest BCUT2D eigenvalue weighted by molar-refractivity contribution is 0.0473. The number of likely N-dealkylation sites (N-methyl/N-ethyl adjacent to an activating group) is 12. The third kappa shape index (κ3) is 7.45. The topological polar surface area (TPSA) is 283 Å². The fourth-order valence-corrected chi connectivity index (χ4v) is 17.2. The molecule has 90 heavy (non-hydrogen) atoms. The average Bonchev–Trinajstić information content (AvgIpc) is 1.57. The van der Waals surface area contributed by atoms with E-state index in [4.69, 9.17) is 0 Å². The number of hydrogen-bond acceptors (Lipinski definition) is 12. The summed E-state index contributed by atoms with van der Waals surface area (Å²) in [6.07, 6.45) is -12.8. The van der Waals surface area contributed by atoms with Crippen LogP contribution in [0, 0.1) is 0 Å². The Morgan fingerprint density at radius 2 is 0.244 bits per heavy atom. The van der Waals surface area contributed by atoms with Gasteiger partial charge in [0.25, 0.3) is 0 Å². The van der Waals surface area contributed by atoms with E-state index in [9.17, 15) is 28.8 Å². The predicted octanol–water partition coefficient (Wildman–Crippen LogP) is 0.748. The van der Waals surface area contributed by atoms with Gasteiger partial charge < -0.3 is 58.8 Å². The van der Waals surface area contributed by atoms with Crippen LogP contribution < -0.4 is 0 Å². The highest BCUT2D eigenvalue weighted by atomic mass is 16.2. The molecule has 0 aromatic carbocycles. The second-order valence-corrected chi connectivity index (χ2v) is 24.3. The van der Waals surface area contributed by atoms with Gasteiger partial charge in [-0.3, -0.25) is 58.8 Å². The Morgan fingerprint density at radius 1 is 0.167 bits per heavy atom. The van der Waals surface area contributed by atoms with Crippen LogP contribution in [0.25, 0.3) is 0 Å². The summed E-state index contributed by atoms with van der Waals surface area (Å²) in [5.41, 5.74) is 0. The lowest BCUT2D eigenvalue weighted by Gasteiger charge is -2.37. The summed E-state index contributed by atoms with van der Waals surface area (Å²) in [6, 6.07) is -6.57. The first-order chi connectivity index (χ1) is 43.2. The highest BCUT2D eigenvalue weighted by molar-refractivity contribution is 5.92. The van der Waals surface area contributed by atoms with Gasteiger partial charge in [-0.25, -0.2) is 57.5 Å². The Bertz CT molecular complexity index is 2410. The summed E-state index contributed by atoms with van der Waals surface area (Å²) in [4.78, 5) is 219. The van der Waals surface area contributed by atoms with Crippen LogP contribution in [-0.4, -0.2) is 383 Å². The number of fused-ring (bicyclic) bond motifs is 30.